The Labute approximate surface area is 167 Å². The van der Waals surface area contributed by atoms with E-state index in [0.29, 0.717) is 33.3 Å². The zero-order chi connectivity index (χ0) is 19.6. The molecule has 3 rings (SSSR count). The number of hydrogen-bond acceptors (Lipinski definition) is 4. The number of nitrogens with zero attached hydrogens (tertiary/aromatic N) is 2. The highest BCUT2D eigenvalue weighted by molar-refractivity contribution is 7.22. The Morgan fingerprint density at radius 1 is 1.11 bits per heavy atom. The molecule has 27 heavy (non-hydrogen) atoms. The standard InChI is InChI=1S/C20H20ClN3O2S/c1-13(25)14-7-9-15(10-8-14)19(26)24(12-11-23(2)3)20-22-18-16(21)5-4-6-17(18)27-20/h4-10H,11-12H2,1-3H3/p+1. The molecule has 1 aromatic heterocycles. The lowest BCUT2D eigenvalue weighted by atomic mass is 10.1. The first-order valence-corrected chi connectivity index (χ1v) is 9.83. The van der Waals surface area contributed by atoms with Crippen LogP contribution in [0.5, 0.6) is 0 Å². The number of Topliss-reactive ketones (excluding diaryl/α,β-unsaturated/α-hetero) is 1. The van der Waals surface area contributed by atoms with Crippen molar-refractivity contribution < 1.29 is 14.5 Å². The molecule has 0 unspecified atom stereocenters. The van der Waals surface area contributed by atoms with E-state index in [9.17, 15) is 9.59 Å². The lowest BCUT2D eigenvalue weighted by Gasteiger charge is -2.20. The number of ketones is 1. The number of amides is 1. The van der Waals surface area contributed by atoms with E-state index in [2.05, 4.69) is 4.98 Å². The number of quaternary nitrogens is 1. The zero-order valence-electron chi connectivity index (χ0n) is 15.5. The highest BCUT2D eigenvalue weighted by atomic mass is 35.5. The number of thiazole rings is 1. The molecule has 1 amide bonds. The van der Waals surface area contributed by atoms with E-state index in [1.807, 2.05) is 26.2 Å². The summed E-state index contributed by atoms with van der Waals surface area (Å²) in [7, 11) is 4.08. The molecular formula is C20H21ClN3O2S+. The number of likely N-dealkylation sites (N-methyl/N-ethyl adjacent to an activating group) is 1. The lowest BCUT2D eigenvalue weighted by molar-refractivity contribution is -0.856. The largest absolute Gasteiger partial charge is 0.338 e. The minimum atomic E-state index is -0.137. The molecule has 0 radical (unpaired) electrons. The van der Waals surface area contributed by atoms with Gasteiger partial charge in [-0.2, -0.15) is 0 Å². The molecule has 0 aliphatic rings. The number of carbonyl (C=O) groups excluding carboxylic acids is 2. The van der Waals surface area contributed by atoms with Gasteiger partial charge in [-0.05, 0) is 31.2 Å². The average molecular weight is 403 g/mol. The number of para-hydroxylation sites is 1. The number of carbonyl (C=O) groups is 2. The van der Waals surface area contributed by atoms with Gasteiger partial charge < -0.3 is 4.90 Å². The van der Waals surface area contributed by atoms with Gasteiger partial charge in [0.1, 0.15) is 5.52 Å². The fraction of sp³-hybridized carbons (Fsp3) is 0.250. The molecule has 0 saturated carbocycles. The molecule has 1 heterocycles. The number of fused-ring (bicyclic) bond motifs is 1. The predicted octanol–water partition coefficient (Wildman–Crippen LogP) is 2.94. The first kappa shape index (κ1) is 19.5. The van der Waals surface area contributed by atoms with Crippen molar-refractivity contribution in [3.8, 4) is 0 Å². The Balaban J connectivity index is 1.97. The van der Waals surface area contributed by atoms with Crippen molar-refractivity contribution >= 4 is 50.0 Å². The summed E-state index contributed by atoms with van der Waals surface area (Å²) in [5.41, 5.74) is 1.82. The van der Waals surface area contributed by atoms with Gasteiger partial charge in [-0.1, -0.05) is 41.1 Å². The van der Waals surface area contributed by atoms with Crippen LogP contribution in [-0.2, 0) is 0 Å². The number of benzene rings is 2. The van der Waals surface area contributed by atoms with Gasteiger partial charge in [0.15, 0.2) is 10.9 Å². The van der Waals surface area contributed by atoms with E-state index < -0.39 is 0 Å². The second-order valence-corrected chi connectivity index (χ2v) is 8.05. The Bertz CT molecular complexity index is 983. The maximum absolute atomic E-state index is 13.2. The Morgan fingerprint density at radius 3 is 2.37 bits per heavy atom. The molecule has 0 bridgehead atoms. The minimum absolute atomic E-state index is 0.0251. The smallest absolute Gasteiger partial charge is 0.260 e. The second-order valence-electron chi connectivity index (χ2n) is 6.63. The molecule has 0 aliphatic heterocycles. The van der Waals surface area contributed by atoms with Crippen LogP contribution in [0.15, 0.2) is 42.5 Å². The number of hydrogen-bond donors (Lipinski definition) is 1. The summed E-state index contributed by atoms with van der Waals surface area (Å²) in [5.74, 6) is -0.163. The maximum atomic E-state index is 13.2. The molecule has 140 valence electrons. The average Bonchev–Trinajstić information content (AvgIpc) is 3.07. The molecule has 0 saturated heterocycles. The molecular weight excluding hydrogens is 382 g/mol. The van der Waals surface area contributed by atoms with Gasteiger partial charge in [0.2, 0.25) is 0 Å². The molecule has 5 nitrogen and oxygen atoms in total. The third-order valence-electron chi connectivity index (χ3n) is 4.21. The van der Waals surface area contributed by atoms with E-state index in [1.165, 1.54) is 23.2 Å². The van der Waals surface area contributed by atoms with Crippen LogP contribution in [0.2, 0.25) is 5.02 Å². The molecule has 1 N–H and O–H groups in total. The highest BCUT2D eigenvalue weighted by Crippen LogP contribution is 2.33. The van der Waals surface area contributed by atoms with Crippen LogP contribution in [0.3, 0.4) is 0 Å². The highest BCUT2D eigenvalue weighted by Gasteiger charge is 2.22. The molecule has 0 fully saturated rings. The van der Waals surface area contributed by atoms with Gasteiger partial charge in [-0.25, -0.2) is 4.98 Å². The monoisotopic (exact) mass is 402 g/mol. The van der Waals surface area contributed by atoms with E-state index in [1.54, 1.807) is 35.2 Å². The van der Waals surface area contributed by atoms with Crippen molar-refractivity contribution in [1.29, 1.82) is 0 Å². The molecule has 7 heteroatoms. The van der Waals surface area contributed by atoms with Gasteiger partial charge in [0.05, 0.1) is 36.9 Å². The third-order valence-corrected chi connectivity index (χ3v) is 5.56. The third kappa shape index (κ3) is 4.35. The first-order chi connectivity index (χ1) is 12.9. The topological polar surface area (TPSA) is 54.7 Å². The first-order valence-electron chi connectivity index (χ1n) is 8.64. The maximum Gasteiger partial charge on any atom is 0.260 e. The zero-order valence-corrected chi connectivity index (χ0v) is 17.0. The van der Waals surface area contributed by atoms with Crippen molar-refractivity contribution in [3.63, 3.8) is 0 Å². The van der Waals surface area contributed by atoms with Gasteiger partial charge >= 0.3 is 0 Å². The SMILES string of the molecule is CC(=O)c1ccc(C(=O)N(CC[NH+](C)C)c2nc3c(Cl)cccc3s2)cc1. The molecule has 0 atom stereocenters. The van der Waals surface area contributed by atoms with E-state index >= 15 is 0 Å². The van der Waals surface area contributed by atoms with Crippen molar-refractivity contribution in [2.75, 3.05) is 32.1 Å². The van der Waals surface area contributed by atoms with Crippen LogP contribution in [0.25, 0.3) is 10.2 Å². The summed E-state index contributed by atoms with van der Waals surface area (Å²) in [6, 6.07) is 12.4. The Morgan fingerprint density at radius 2 is 1.78 bits per heavy atom. The van der Waals surface area contributed by atoms with Crippen molar-refractivity contribution in [3.05, 3.63) is 58.6 Å². The quantitative estimate of drug-likeness (QED) is 0.645. The summed E-state index contributed by atoms with van der Waals surface area (Å²) in [5, 5.41) is 1.20. The second kappa shape index (κ2) is 8.17. The molecule has 2 aromatic carbocycles. The lowest BCUT2D eigenvalue weighted by Crippen LogP contribution is -3.06. The van der Waals surface area contributed by atoms with Gasteiger partial charge in [-0.15, -0.1) is 0 Å². The van der Waals surface area contributed by atoms with E-state index in [-0.39, 0.29) is 11.7 Å². The molecule has 0 spiro atoms. The van der Waals surface area contributed by atoms with Crippen molar-refractivity contribution in [1.82, 2.24) is 4.98 Å². The number of anilines is 1. The minimum Gasteiger partial charge on any atom is -0.338 e. The normalized spacial score (nSPS) is 11.1. The van der Waals surface area contributed by atoms with Crippen molar-refractivity contribution in [2.24, 2.45) is 0 Å². The van der Waals surface area contributed by atoms with Crippen LogP contribution in [0, 0.1) is 0 Å². The van der Waals surface area contributed by atoms with Crippen LogP contribution < -0.4 is 9.80 Å². The summed E-state index contributed by atoms with van der Waals surface area (Å²) in [6.45, 7) is 2.82. The molecule has 3 aromatic rings. The van der Waals surface area contributed by atoms with Crippen LogP contribution in [0.4, 0.5) is 5.13 Å². The fourth-order valence-electron chi connectivity index (χ4n) is 2.64. The van der Waals surface area contributed by atoms with Crippen molar-refractivity contribution in [2.45, 2.75) is 6.92 Å². The summed E-state index contributed by atoms with van der Waals surface area (Å²) in [6.07, 6.45) is 0. The Kier molecular flexibility index (Phi) is 5.89. The Hall–Kier alpha value is -2.28. The van der Waals surface area contributed by atoms with Crippen LogP contribution in [-0.4, -0.2) is 43.9 Å². The van der Waals surface area contributed by atoms with Gasteiger partial charge in [0, 0.05) is 11.1 Å². The summed E-state index contributed by atoms with van der Waals surface area (Å²) < 4.78 is 0.944. The molecule has 0 aliphatic carbocycles. The number of rotatable bonds is 6. The van der Waals surface area contributed by atoms with Gasteiger partial charge in [0.25, 0.3) is 5.91 Å². The summed E-state index contributed by atoms with van der Waals surface area (Å²) in [4.78, 5) is 32.2. The number of halogens is 1. The number of nitrogens with one attached hydrogen (secondary N) is 1. The fourth-order valence-corrected chi connectivity index (χ4v) is 3.93. The van der Waals surface area contributed by atoms with Gasteiger partial charge in [-0.3, -0.25) is 14.5 Å². The van der Waals surface area contributed by atoms with E-state index in [4.69, 9.17) is 11.6 Å². The van der Waals surface area contributed by atoms with Crippen LogP contribution in [0.1, 0.15) is 27.6 Å². The predicted molar refractivity (Wildman–Crippen MR) is 110 cm³/mol. The summed E-state index contributed by atoms with van der Waals surface area (Å²) >= 11 is 7.70. The number of aromatic nitrogens is 1. The van der Waals surface area contributed by atoms with E-state index in [0.717, 1.165) is 11.2 Å². The van der Waals surface area contributed by atoms with Crippen LogP contribution >= 0.6 is 22.9 Å².